The van der Waals surface area contributed by atoms with E-state index in [1.54, 1.807) is 11.3 Å². The molecule has 0 amide bonds. The predicted octanol–water partition coefficient (Wildman–Crippen LogP) is 2.54. The number of hydrogen-bond acceptors (Lipinski definition) is 3. The summed E-state index contributed by atoms with van der Waals surface area (Å²) in [7, 11) is 0. The topological polar surface area (TPSA) is 38.9 Å². The van der Waals surface area contributed by atoms with Crippen LogP contribution in [0.4, 0.5) is 5.13 Å². The van der Waals surface area contributed by atoms with Gasteiger partial charge in [0.15, 0.2) is 5.13 Å². The standard InChI is InChI=1S/C8H12N2S/c1-3-6(4-2)7-5-10-8(9)11-7/h3,5H,4H2,1-2H3,(H2,9,10). The number of allylic oxidation sites excluding steroid dienone is 2. The fraction of sp³-hybridized carbons (Fsp3) is 0.375. The van der Waals surface area contributed by atoms with Gasteiger partial charge < -0.3 is 5.73 Å². The average molecular weight is 168 g/mol. The third kappa shape index (κ3) is 1.80. The summed E-state index contributed by atoms with van der Waals surface area (Å²) >= 11 is 1.54. The Morgan fingerprint density at radius 3 is 2.91 bits per heavy atom. The number of nitrogens with zero attached hydrogens (tertiary/aromatic N) is 1. The zero-order chi connectivity index (χ0) is 8.27. The number of nitrogen functional groups attached to an aromatic ring is 1. The van der Waals surface area contributed by atoms with Gasteiger partial charge in [0.25, 0.3) is 0 Å². The van der Waals surface area contributed by atoms with Gasteiger partial charge >= 0.3 is 0 Å². The monoisotopic (exact) mass is 168 g/mol. The molecule has 0 atom stereocenters. The average Bonchev–Trinajstić information content (AvgIpc) is 2.39. The van der Waals surface area contributed by atoms with Gasteiger partial charge in [-0.3, -0.25) is 0 Å². The van der Waals surface area contributed by atoms with Crippen LogP contribution in [0, 0.1) is 0 Å². The van der Waals surface area contributed by atoms with Crippen LogP contribution in [0.25, 0.3) is 5.57 Å². The molecule has 0 unspecified atom stereocenters. The van der Waals surface area contributed by atoms with Gasteiger partial charge in [0.2, 0.25) is 0 Å². The van der Waals surface area contributed by atoms with Gasteiger partial charge in [-0.05, 0) is 18.9 Å². The molecule has 2 nitrogen and oxygen atoms in total. The number of rotatable bonds is 2. The van der Waals surface area contributed by atoms with Crippen molar-refractivity contribution in [3.8, 4) is 0 Å². The lowest BCUT2D eigenvalue weighted by atomic mass is 10.2. The third-order valence-electron chi connectivity index (χ3n) is 1.57. The second-order valence-electron chi connectivity index (χ2n) is 2.23. The quantitative estimate of drug-likeness (QED) is 0.737. The summed E-state index contributed by atoms with van der Waals surface area (Å²) in [6.07, 6.45) is 4.98. The highest BCUT2D eigenvalue weighted by atomic mass is 32.1. The number of hydrogen-bond donors (Lipinski definition) is 1. The smallest absolute Gasteiger partial charge is 0.180 e. The zero-order valence-corrected chi connectivity index (χ0v) is 7.61. The molecule has 0 aliphatic carbocycles. The lowest BCUT2D eigenvalue weighted by molar-refractivity contribution is 1.24. The third-order valence-corrected chi connectivity index (χ3v) is 2.47. The van der Waals surface area contributed by atoms with Crippen molar-refractivity contribution >= 4 is 22.0 Å². The van der Waals surface area contributed by atoms with E-state index in [0.717, 1.165) is 6.42 Å². The molecule has 0 saturated heterocycles. The van der Waals surface area contributed by atoms with Gasteiger partial charge in [-0.15, -0.1) is 0 Å². The summed E-state index contributed by atoms with van der Waals surface area (Å²) in [5.74, 6) is 0. The van der Waals surface area contributed by atoms with Crippen molar-refractivity contribution in [3.63, 3.8) is 0 Å². The van der Waals surface area contributed by atoms with Gasteiger partial charge in [0, 0.05) is 6.20 Å². The Kier molecular flexibility index (Phi) is 2.65. The zero-order valence-electron chi connectivity index (χ0n) is 6.79. The lowest BCUT2D eigenvalue weighted by Crippen LogP contribution is -1.77. The van der Waals surface area contributed by atoms with Gasteiger partial charge in [-0.2, -0.15) is 0 Å². The molecular formula is C8H12N2S. The number of thiazole rings is 1. The van der Waals surface area contributed by atoms with Crippen molar-refractivity contribution in [2.75, 3.05) is 5.73 Å². The Morgan fingerprint density at radius 1 is 1.82 bits per heavy atom. The van der Waals surface area contributed by atoms with E-state index in [2.05, 4.69) is 18.0 Å². The van der Waals surface area contributed by atoms with Crippen LogP contribution >= 0.6 is 11.3 Å². The minimum Gasteiger partial charge on any atom is -0.375 e. The number of anilines is 1. The Bertz CT molecular complexity index is 263. The van der Waals surface area contributed by atoms with Crippen LogP contribution in [-0.4, -0.2) is 4.98 Å². The van der Waals surface area contributed by atoms with E-state index >= 15 is 0 Å². The normalized spacial score (nSPS) is 12.0. The molecule has 1 rings (SSSR count). The molecule has 11 heavy (non-hydrogen) atoms. The summed E-state index contributed by atoms with van der Waals surface area (Å²) < 4.78 is 0. The molecule has 0 spiro atoms. The molecule has 0 aromatic carbocycles. The first kappa shape index (κ1) is 8.27. The predicted molar refractivity (Wildman–Crippen MR) is 50.5 cm³/mol. The maximum atomic E-state index is 5.51. The van der Waals surface area contributed by atoms with Crippen LogP contribution in [0.1, 0.15) is 25.1 Å². The van der Waals surface area contributed by atoms with Crippen LogP contribution in [0.2, 0.25) is 0 Å². The van der Waals surface area contributed by atoms with E-state index in [1.165, 1.54) is 10.5 Å². The van der Waals surface area contributed by atoms with Crippen molar-refractivity contribution in [1.82, 2.24) is 4.98 Å². The molecule has 1 aromatic heterocycles. The summed E-state index contributed by atoms with van der Waals surface area (Å²) in [6.45, 7) is 4.17. The van der Waals surface area contributed by atoms with Crippen LogP contribution in [-0.2, 0) is 0 Å². The fourth-order valence-corrected chi connectivity index (χ4v) is 1.79. The SMILES string of the molecule is CC=C(CC)c1cnc(N)s1. The van der Waals surface area contributed by atoms with E-state index in [1.807, 2.05) is 13.1 Å². The number of nitrogens with two attached hydrogens (primary N) is 1. The van der Waals surface area contributed by atoms with Crippen molar-refractivity contribution in [2.24, 2.45) is 0 Å². The second kappa shape index (κ2) is 3.53. The highest BCUT2D eigenvalue weighted by Crippen LogP contribution is 2.24. The summed E-state index contributed by atoms with van der Waals surface area (Å²) in [5.41, 5.74) is 6.82. The lowest BCUT2D eigenvalue weighted by Gasteiger charge is -1.95. The van der Waals surface area contributed by atoms with Crippen molar-refractivity contribution in [2.45, 2.75) is 20.3 Å². The Labute approximate surface area is 70.8 Å². The maximum Gasteiger partial charge on any atom is 0.180 e. The van der Waals surface area contributed by atoms with Gasteiger partial charge in [0.05, 0.1) is 4.88 Å². The van der Waals surface area contributed by atoms with E-state index in [9.17, 15) is 0 Å². The molecule has 0 aliphatic heterocycles. The molecule has 0 fully saturated rings. The van der Waals surface area contributed by atoms with E-state index < -0.39 is 0 Å². The molecule has 2 N–H and O–H groups in total. The van der Waals surface area contributed by atoms with Gasteiger partial charge in [-0.1, -0.05) is 24.3 Å². The molecule has 3 heteroatoms. The van der Waals surface area contributed by atoms with Crippen LogP contribution in [0.15, 0.2) is 12.3 Å². The molecular weight excluding hydrogens is 156 g/mol. The molecule has 1 heterocycles. The minimum atomic E-state index is 0.646. The molecule has 0 aliphatic rings. The molecule has 0 radical (unpaired) electrons. The summed E-state index contributed by atoms with van der Waals surface area (Å²) in [4.78, 5) is 5.18. The number of aromatic nitrogens is 1. The fourth-order valence-electron chi connectivity index (χ4n) is 0.957. The van der Waals surface area contributed by atoms with Gasteiger partial charge in [0.1, 0.15) is 0 Å². The molecule has 0 saturated carbocycles. The van der Waals surface area contributed by atoms with Gasteiger partial charge in [-0.25, -0.2) is 4.98 Å². The maximum absolute atomic E-state index is 5.51. The first-order valence-corrected chi connectivity index (χ1v) is 4.46. The molecule has 60 valence electrons. The first-order valence-electron chi connectivity index (χ1n) is 3.64. The van der Waals surface area contributed by atoms with E-state index in [-0.39, 0.29) is 0 Å². The Hall–Kier alpha value is -0.830. The Balaban J connectivity index is 2.91. The molecule has 0 bridgehead atoms. The Morgan fingerprint density at radius 2 is 2.55 bits per heavy atom. The summed E-state index contributed by atoms with van der Waals surface area (Å²) in [5, 5.41) is 0.646. The van der Waals surface area contributed by atoms with Crippen molar-refractivity contribution in [1.29, 1.82) is 0 Å². The molecule has 1 aromatic rings. The van der Waals surface area contributed by atoms with E-state index in [4.69, 9.17) is 5.73 Å². The van der Waals surface area contributed by atoms with Crippen LogP contribution < -0.4 is 5.73 Å². The highest BCUT2D eigenvalue weighted by Gasteiger charge is 2.01. The first-order chi connectivity index (χ1) is 5.27. The largest absolute Gasteiger partial charge is 0.375 e. The van der Waals surface area contributed by atoms with Crippen molar-refractivity contribution in [3.05, 3.63) is 17.2 Å². The minimum absolute atomic E-state index is 0.646. The summed E-state index contributed by atoms with van der Waals surface area (Å²) in [6, 6.07) is 0. The second-order valence-corrected chi connectivity index (χ2v) is 3.29. The highest BCUT2D eigenvalue weighted by molar-refractivity contribution is 7.16. The van der Waals surface area contributed by atoms with Crippen molar-refractivity contribution < 1.29 is 0 Å². The van der Waals surface area contributed by atoms with Crippen LogP contribution in [0.5, 0.6) is 0 Å². The van der Waals surface area contributed by atoms with E-state index in [0.29, 0.717) is 5.13 Å². The van der Waals surface area contributed by atoms with Crippen LogP contribution in [0.3, 0.4) is 0 Å².